The molecule has 2 N–H and O–H groups in total. The molecule has 1 atom stereocenters. The van der Waals surface area contributed by atoms with E-state index in [9.17, 15) is 14.7 Å². The van der Waals surface area contributed by atoms with E-state index in [1.165, 1.54) is 37.3 Å². The van der Waals surface area contributed by atoms with Crippen LogP contribution in [0.4, 0.5) is 5.69 Å². The Balaban J connectivity index is 2.05. The number of carbonyl (C=O) groups is 2. The Kier molecular flexibility index (Phi) is 5.94. The number of anilines is 1. The Morgan fingerprint density at radius 2 is 1.71 bits per heavy atom. The largest absolute Gasteiger partial charge is 0.507 e. The van der Waals surface area contributed by atoms with Gasteiger partial charge in [0.25, 0.3) is 5.91 Å². The molecule has 2 aromatic rings. The molecule has 0 heterocycles. The molecule has 126 valence electrons. The summed E-state index contributed by atoms with van der Waals surface area (Å²) >= 11 is 17.5. The van der Waals surface area contributed by atoms with Crippen LogP contribution in [-0.4, -0.2) is 23.1 Å². The van der Waals surface area contributed by atoms with Gasteiger partial charge in [0.2, 0.25) is 0 Å². The molecule has 0 aliphatic heterocycles. The number of aromatic hydroxyl groups is 1. The van der Waals surface area contributed by atoms with Gasteiger partial charge in [-0.3, -0.25) is 4.79 Å². The second-order valence-corrected chi connectivity index (χ2v) is 6.10. The summed E-state index contributed by atoms with van der Waals surface area (Å²) in [4.78, 5) is 24.1. The van der Waals surface area contributed by atoms with Crippen molar-refractivity contribution >= 4 is 52.4 Å². The lowest BCUT2D eigenvalue weighted by molar-refractivity contribution is -0.123. The lowest BCUT2D eigenvalue weighted by Gasteiger charge is -2.15. The van der Waals surface area contributed by atoms with Crippen molar-refractivity contribution in [3.8, 4) is 5.75 Å². The van der Waals surface area contributed by atoms with E-state index >= 15 is 0 Å². The number of phenols is 1. The van der Waals surface area contributed by atoms with Crippen molar-refractivity contribution in [2.75, 3.05) is 5.32 Å². The first-order valence-corrected chi connectivity index (χ1v) is 7.86. The summed E-state index contributed by atoms with van der Waals surface area (Å²) in [5.74, 6) is -1.79. The molecule has 0 aliphatic carbocycles. The molecule has 0 aromatic heterocycles. The van der Waals surface area contributed by atoms with E-state index in [-0.39, 0.29) is 16.3 Å². The molecule has 2 aromatic carbocycles. The van der Waals surface area contributed by atoms with Crippen LogP contribution in [0.25, 0.3) is 0 Å². The van der Waals surface area contributed by atoms with E-state index < -0.39 is 18.0 Å². The van der Waals surface area contributed by atoms with E-state index in [0.29, 0.717) is 15.7 Å². The molecule has 0 aliphatic rings. The molecule has 0 spiro atoms. The number of amides is 1. The van der Waals surface area contributed by atoms with Crippen LogP contribution in [0, 0.1) is 0 Å². The van der Waals surface area contributed by atoms with Gasteiger partial charge in [-0.25, -0.2) is 4.79 Å². The van der Waals surface area contributed by atoms with Gasteiger partial charge in [-0.15, -0.1) is 0 Å². The van der Waals surface area contributed by atoms with Gasteiger partial charge in [-0.2, -0.15) is 0 Å². The number of phenolic OH excluding ortho intramolecular Hbond substituents is 1. The van der Waals surface area contributed by atoms with E-state index in [2.05, 4.69) is 5.32 Å². The standard InChI is InChI=1S/C16H12Cl3NO4/c1-8(15(22)20-13-6-9(17)3-5-12(13)19)24-16(23)11-4-2-10(18)7-14(11)21/h2-8,21H,1H3,(H,20,22). The maximum Gasteiger partial charge on any atom is 0.342 e. The predicted octanol–water partition coefficient (Wildman–Crippen LogP) is 4.54. The Morgan fingerprint density at radius 1 is 1.08 bits per heavy atom. The normalized spacial score (nSPS) is 11.7. The third-order valence-corrected chi connectivity index (χ3v) is 3.82. The summed E-state index contributed by atoms with van der Waals surface area (Å²) in [5.41, 5.74) is 0.200. The minimum Gasteiger partial charge on any atom is -0.507 e. The SMILES string of the molecule is CC(OC(=O)c1ccc(Cl)cc1O)C(=O)Nc1cc(Cl)ccc1Cl. The first-order chi connectivity index (χ1) is 11.3. The third-order valence-electron chi connectivity index (χ3n) is 3.02. The van der Waals surface area contributed by atoms with Crippen molar-refractivity contribution in [1.29, 1.82) is 0 Å². The van der Waals surface area contributed by atoms with E-state index in [4.69, 9.17) is 39.5 Å². The maximum absolute atomic E-state index is 12.1. The Hall–Kier alpha value is -1.95. The molecular formula is C16H12Cl3NO4. The minimum absolute atomic E-state index is 0.0974. The number of halogens is 3. The number of carbonyl (C=O) groups excluding carboxylic acids is 2. The lowest BCUT2D eigenvalue weighted by Crippen LogP contribution is -2.30. The van der Waals surface area contributed by atoms with Gasteiger partial charge < -0.3 is 15.2 Å². The number of hydrogen-bond acceptors (Lipinski definition) is 4. The Labute approximate surface area is 153 Å². The fourth-order valence-corrected chi connectivity index (χ4v) is 2.29. The summed E-state index contributed by atoms with van der Waals surface area (Å²) in [6, 6.07) is 8.51. The molecule has 0 bridgehead atoms. The first-order valence-electron chi connectivity index (χ1n) is 6.73. The molecule has 1 amide bonds. The highest BCUT2D eigenvalue weighted by molar-refractivity contribution is 6.35. The molecule has 2 rings (SSSR count). The van der Waals surface area contributed by atoms with Crippen molar-refractivity contribution in [1.82, 2.24) is 0 Å². The maximum atomic E-state index is 12.1. The Bertz CT molecular complexity index is 795. The van der Waals surface area contributed by atoms with Crippen LogP contribution >= 0.6 is 34.8 Å². The van der Waals surface area contributed by atoms with Gasteiger partial charge in [0.15, 0.2) is 6.10 Å². The third kappa shape index (κ3) is 4.54. The highest BCUT2D eigenvalue weighted by Gasteiger charge is 2.21. The van der Waals surface area contributed by atoms with Gasteiger partial charge in [0.1, 0.15) is 11.3 Å². The highest BCUT2D eigenvalue weighted by atomic mass is 35.5. The molecule has 8 heteroatoms. The van der Waals surface area contributed by atoms with Gasteiger partial charge in [-0.1, -0.05) is 34.8 Å². The quantitative estimate of drug-likeness (QED) is 0.754. The van der Waals surface area contributed by atoms with Gasteiger partial charge in [-0.05, 0) is 43.3 Å². The summed E-state index contributed by atoms with van der Waals surface area (Å²) in [5, 5.41) is 13.2. The fraction of sp³-hybridized carbons (Fsp3) is 0.125. The summed E-state index contributed by atoms with van der Waals surface area (Å²) in [6.45, 7) is 1.39. The molecule has 1 unspecified atom stereocenters. The number of esters is 1. The monoisotopic (exact) mass is 387 g/mol. The topological polar surface area (TPSA) is 75.6 Å². The number of ether oxygens (including phenoxy) is 1. The smallest absolute Gasteiger partial charge is 0.342 e. The number of rotatable bonds is 4. The molecule has 0 radical (unpaired) electrons. The average molecular weight is 389 g/mol. The minimum atomic E-state index is -1.12. The van der Waals surface area contributed by atoms with Crippen molar-refractivity contribution in [3.63, 3.8) is 0 Å². The molecule has 24 heavy (non-hydrogen) atoms. The predicted molar refractivity (Wildman–Crippen MR) is 93.1 cm³/mol. The Morgan fingerprint density at radius 3 is 2.38 bits per heavy atom. The highest BCUT2D eigenvalue weighted by Crippen LogP contribution is 2.26. The zero-order chi connectivity index (χ0) is 17.9. The summed E-state index contributed by atoms with van der Waals surface area (Å²) in [6.07, 6.45) is -1.12. The fourth-order valence-electron chi connectivity index (χ4n) is 1.78. The van der Waals surface area contributed by atoms with Gasteiger partial charge in [0.05, 0.1) is 10.7 Å². The van der Waals surface area contributed by atoms with Gasteiger partial charge in [0, 0.05) is 10.0 Å². The summed E-state index contributed by atoms with van der Waals surface area (Å²) < 4.78 is 5.03. The second-order valence-electron chi connectivity index (χ2n) is 4.82. The van der Waals surface area contributed by atoms with Crippen molar-refractivity contribution in [2.24, 2.45) is 0 Å². The zero-order valence-electron chi connectivity index (χ0n) is 12.3. The molecule has 0 saturated carbocycles. The summed E-state index contributed by atoms with van der Waals surface area (Å²) in [7, 11) is 0. The molecular weight excluding hydrogens is 377 g/mol. The van der Waals surface area contributed by atoms with Crippen LogP contribution in [-0.2, 0) is 9.53 Å². The first kappa shape index (κ1) is 18.4. The zero-order valence-corrected chi connectivity index (χ0v) is 14.6. The van der Waals surface area contributed by atoms with E-state index in [1.54, 1.807) is 6.07 Å². The molecule has 0 saturated heterocycles. The number of hydrogen-bond donors (Lipinski definition) is 2. The van der Waals surface area contributed by atoms with Crippen LogP contribution in [0.5, 0.6) is 5.75 Å². The van der Waals surface area contributed by atoms with Crippen molar-refractivity contribution in [3.05, 3.63) is 57.0 Å². The molecule has 5 nitrogen and oxygen atoms in total. The van der Waals surface area contributed by atoms with Crippen LogP contribution < -0.4 is 5.32 Å². The van der Waals surface area contributed by atoms with Crippen molar-refractivity contribution < 1.29 is 19.4 Å². The molecule has 0 fully saturated rings. The van der Waals surface area contributed by atoms with E-state index in [1.807, 2.05) is 0 Å². The van der Waals surface area contributed by atoms with Crippen LogP contribution in [0.15, 0.2) is 36.4 Å². The number of nitrogens with one attached hydrogen (secondary N) is 1. The lowest BCUT2D eigenvalue weighted by atomic mass is 10.2. The van der Waals surface area contributed by atoms with Gasteiger partial charge >= 0.3 is 5.97 Å². The van der Waals surface area contributed by atoms with Crippen LogP contribution in [0.2, 0.25) is 15.1 Å². The number of benzene rings is 2. The van der Waals surface area contributed by atoms with Crippen molar-refractivity contribution in [2.45, 2.75) is 13.0 Å². The van der Waals surface area contributed by atoms with E-state index in [0.717, 1.165) is 0 Å². The second kappa shape index (κ2) is 7.75. The van der Waals surface area contributed by atoms with Crippen LogP contribution in [0.3, 0.4) is 0 Å². The average Bonchev–Trinajstić information content (AvgIpc) is 2.50. The van der Waals surface area contributed by atoms with Crippen LogP contribution in [0.1, 0.15) is 17.3 Å².